The Morgan fingerprint density at radius 1 is 1.29 bits per heavy atom. The van der Waals surface area contributed by atoms with Crippen LogP contribution in [-0.4, -0.2) is 17.1 Å². The maximum absolute atomic E-state index is 13.5. The molecule has 4 nitrogen and oxygen atoms in total. The number of hydrazone groups is 1. The van der Waals surface area contributed by atoms with Crippen LogP contribution in [0, 0.1) is 40.2 Å². The van der Waals surface area contributed by atoms with Gasteiger partial charge in [0.25, 0.3) is 0 Å². The van der Waals surface area contributed by atoms with E-state index in [1.54, 1.807) is 6.21 Å². The Balaban J connectivity index is 1.54. The van der Waals surface area contributed by atoms with Crippen LogP contribution in [0.3, 0.4) is 0 Å². The van der Waals surface area contributed by atoms with Crippen molar-refractivity contribution in [3.8, 4) is 6.07 Å². The highest BCUT2D eigenvalue weighted by Crippen LogP contribution is 2.64. The van der Waals surface area contributed by atoms with E-state index in [1.165, 1.54) is 17.1 Å². The highest BCUT2D eigenvalue weighted by Gasteiger charge is 2.58. The van der Waals surface area contributed by atoms with E-state index in [0.29, 0.717) is 24.3 Å². The minimum atomic E-state index is -0.652. The van der Waals surface area contributed by atoms with Crippen LogP contribution < -0.4 is 0 Å². The summed E-state index contributed by atoms with van der Waals surface area (Å²) in [6, 6.07) is 5.11. The second-order valence-electron chi connectivity index (χ2n) is 7.25. The second-order valence-corrected chi connectivity index (χ2v) is 7.25. The normalized spacial score (nSPS) is 33.4. The van der Waals surface area contributed by atoms with E-state index in [4.69, 9.17) is 5.26 Å². The number of nitriles is 1. The Bertz CT molecular complexity index is 744. The third-order valence-corrected chi connectivity index (χ3v) is 5.71. The number of carbonyl (C=O) groups excluding carboxylic acids is 1. The van der Waals surface area contributed by atoms with Crippen LogP contribution in [0.1, 0.15) is 43.7 Å². The van der Waals surface area contributed by atoms with Crippen molar-refractivity contribution in [2.75, 3.05) is 0 Å². The number of amides is 1. The molecule has 0 saturated heterocycles. The van der Waals surface area contributed by atoms with Crippen LogP contribution in [-0.2, 0) is 4.79 Å². The highest BCUT2D eigenvalue weighted by molar-refractivity contribution is 5.83. The van der Waals surface area contributed by atoms with E-state index in [0.717, 1.165) is 25.3 Å². The number of rotatable bonds is 3. The summed E-state index contributed by atoms with van der Waals surface area (Å²) < 4.78 is 27.0. The van der Waals surface area contributed by atoms with E-state index in [-0.39, 0.29) is 17.2 Å². The Morgan fingerprint density at radius 2 is 2.00 bits per heavy atom. The van der Waals surface area contributed by atoms with Crippen molar-refractivity contribution in [3.05, 3.63) is 35.4 Å². The molecule has 0 aromatic heterocycles. The van der Waals surface area contributed by atoms with Gasteiger partial charge in [0.15, 0.2) is 0 Å². The van der Waals surface area contributed by atoms with Crippen LogP contribution in [0.4, 0.5) is 8.78 Å². The van der Waals surface area contributed by atoms with Gasteiger partial charge >= 0.3 is 0 Å². The van der Waals surface area contributed by atoms with Gasteiger partial charge in [-0.2, -0.15) is 10.4 Å². The Labute approximate surface area is 138 Å². The highest BCUT2D eigenvalue weighted by atomic mass is 19.1. The van der Waals surface area contributed by atoms with Gasteiger partial charge in [-0.15, -0.1) is 0 Å². The van der Waals surface area contributed by atoms with Crippen molar-refractivity contribution in [1.82, 2.24) is 5.01 Å². The SMILES string of the molecule is N#CCC12CC(C1)[C@@H](C(=O)N1N=CCC1c1cc(F)cc(F)c1)C2. The molecule has 24 heavy (non-hydrogen) atoms. The first kappa shape index (κ1) is 15.3. The van der Waals surface area contributed by atoms with E-state index < -0.39 is 17.7 Å². The van der Waals surface area contributed by atoms with Crippen molar-refractivity contribution < 1.29 is 13.6 Å². The van der Waals surface area contributed by atoms with Crippen molar-refractivity contribution in [3.63, 3.8) is 0 Å². The summed E-state index contributed by atoms with van der Waals surface area (Å²) in [7, 11) is 0. The van der Waals surface area contributed by atoms with Crippen LogP contribution in [0.25, 0.3) is 0 Å². The topological polar surface area (TPSA) is 56.5 Å². The fourth-order valence-electron chi connectivity index (χ4n) is 4.65. The maximum Gasteiger partial charge on any atom is 0.246 e. The van der Waals surface area contributed by atoms with Gasteiger partial charge in [-0.3, -0.25) is 4.79 Å². The number of carbonyl (C=O) groups is 1. The second kappa shape index (κ2) is 5.37. The minimum absolute atomic E-state index is 0.00361. The average molecular weight is 329 g/mol. The number of nitrogens with zero attached hydrogens (tertiary/aromatic N) is 3. The molecule has 3 saturated carbocycles. The first-order valence-corrected chi connectivity index (χ1v) is 8.20. The summed E-state index contributed by atoms with van der Waals surface area (Å²) in [5.41, 5.74) is 0.430. The van der Waals surface area contributed by atoms with Crippen molar-refractivity contribution in [2.45, 2.75) is 38.1 Å². The fourth-order valence-corrected chi connectivity index (χ4v) is 4.65. The minimum Gasteiger partial charge on any atom is -0.273 e. The Morgan fingerprint density at radius 3 is 2.67 bits per heavy atom. The molecule has 1 aromatic rings. The molecule has 0 radical (unpaired) electrons. The van der Waals surface area contributed by atoms with Crippen molar-refractivity contribution in [2.24, 2.45) is 22.4 Å². The van der Waals surface area contributed by atoms with Gasteiger partial charge in [-0.25, -0.2) is 13.8 Å². The summed E-state index contributed by atoms with van der Waals surface area (Å²) in [6.45, 7) is 0. The van der Waals surface area contributed by atoms with Crippen molar-refractivity contribution in [1.29, 1.82) is 5.26 Å². The molecule has 3 fully saturated rings. The molecule has 1 amide bonds. The summed E-state index contributed by atoms with van der Waals surface area (Å²) in [4.78, 5) is 12.9. The molecule has 3 aliphatic carbocycles. The molecule has 0 spiro atoms. The number of benzene rings is 1. The van der Waals surface area contributed by atoms with E-state index in [1.807, 2.05) is 0 Å². The number of hydrogen-bond donors (Lipinski definition) is 0. The van der Waals surface area contributed by atoms with Gasteiger partial charge in [0.1, 0.15) is 11.6 Å². The number of halogens is 2. The van der Waals surface area contributed by atoms with E-state index in [9.17, 15) is 13.6 Å². The molecule has 2 bridgehead atoms. The molecule has 1 aliphatic heterocycles. The predicted molar refractivity (Wildman–Crippen MR) is 82.5 cm³/mol. The van der Waals surface area contributed by atoms with Gasteiger partial charge < -0.3 is 0 Å². The zero-order chi connectivity index (χ0) is 16.9. The van der Waals surface area contributed by atoms with E-state index >= 15 is 0 Å². The fraction of sp³-hybridized carbons (Fsp3) is 0.500. The lowest BCUT2D eigenvalue weighted by Crippen LogP contribution is -2.34. The summed E-state index contributed by atoms with van der Waals surface area (Å²) >= 11 is 0. The van der Waals surface area contributed by atoms with Gasteiger partial charge in [-0.05, 0) is 48.3 Å². The molecular formula is C18H17F2N3O. The van der Waals surface area contributed by atoms with Gasteiger partial charge in [0.2, 0.25) is 5.91 Å². The Hall–Kier alpha value is -2.29. The van der Waals surface area contributed by atoms with Gasteiger partial charge in [0, 0.05) is 31.0 Å². The largest absolute Gasteiger partial charge is 0.273 e. The van der Waals surface area contributed by atoms with Gasteiger partial charge in [-0.1, -0.05) is 0 Å². The molecular weight excluding hydrogens is 312 g/mol. The monoisotopic (exact) mass is 329 g/mol. The molecule has 5 rings (SSSR count). The molecule has 1 unspecified atom stereocenters. The zero-order valence-corrected chi connectivity index (χ0v) is 13.1. The third kappa shape index (κ3) is 2.31. The lowest BCUT2D eigenvalue weighted by atomic mass is 9.68. The first-order valence-electron chi connectivity index (χ1n) is 8.20. The van der Waals surface area contributed by atoms with Crippen LogP contribution in [0.5, 0.6) is 0 Å². The summed E-state index contributed by atoms with van der Waals surface area (Å²) in [5, 5.41) is 14.5. The lowest BCUT2D eigenvalue weighted by molar-refractivity contribution is -0.138. The first-order chi connectivity index (χ1) is 11.5. The molecule has 1 heterocycles. The molecule has 124 valence electrons. The average Bonchev–Trinajstić information content (AvgIpc) is 3.17. The Kier molecular flexibility index (Phi) is 3.41. The van der Waals surface area contributed by atoms with Gasteiger partial charge in [0.05, 0.1) is 12.1 Å². The summed E-state index contributed by atoms with van der Waals surface area (Å²) in [5.74, 6) is -1.21. The predicted octanol–water partition coefficient (Wildman–Crippen LogP) is 3.55. The van der Waals surface area contributed by atoms with E-state index in [2.05, 4.69) is 11.2 Å². The molecule has 1 aromatic carbocycles. The number of hydrogen-bond acceptors (Lipinski definition) is 3. The van der Waals surface area contributed by atoms with Crippen LogP contribution in [0.2, 0.25) is 0 Å². The van der Waals surface area contributed by atoms with Crippen LogP contribution >= 0.6 is 0 Å². The lowest BCUT2D eigenvalue weighted by Gasteiger charge is -2.36. The zero-order valence-electron chi connectivity index (χ0n) is 13.1. The molecule has 4 aliphatic rings. The maximum atomic E-state index is 13.5. The molecule has 6 heteroatoms. The smallest absolute Gasteiger partial charge is 0.246 e. The molecule has 2 atom stereocenters. The standard InChI is InChI=1S/C18H17F2N3O/c19-13-5-11(6-14(20)7-13)16-1-4-22-23(16)17(24)15-10-18(2-3-21)8-12(15)9-18/h4-7,12,15-16H,1-2,8-10H2/t12?,15-,16?,18?/m0/s1. The quantitative estimate of drug-likeness (QED) is 0.851. The number of fused-ring (bicyclic) bond motifs is 1. The third-order valence-electron chi connectivity index (χ3n) is 5.71. The van der Waals surface area contributed by atoms with Crippen molar-refractivity contribution >= 4 is 12.1 Å². The summed E-state index contributed by atoms with van der Waals surface area (Å²) in [6.07, 6.45) is 5.14. The van der Waals surface area contributed by atoms with Crippen LogP contribution in [0.15, 0.2) is 23.3 Å². The molecule has 0 N–H and O–H groups in total.